The zero-order valence-electron chi connectivity index (χ0n) is 11.5. The molecule has 4 nitrogen and oxygen atoms in total. The predicted octanol–water partition coefficient (Wildman–Crippen LogP) is 3.84. The summed E-state index contributed by atoms with van der Waals surface area (Å²) in [5.41, 5.74) is 3.06. The summed E-state index contributed by atoms with van der Waals surface area (Å²) in [6, 6.07) is 2.24. The highest BCUT2D eigenvalue weighted by Gasteiger charge is 2.44. The second kappa shape index (κ2) is 5.55. The van der Waals surface area contributed by atoms with Crippen LogP contribution in [-0.4, -0.2) is 18.1 Å². The van der Waals surface area contributed by atoms with Gasteiger partial charge in [-0.05, 0) is 23.1 Å². The van der Waals surface area contributed by atoms with Crippen LogP contribution in [0.1, 0.15) is 36.7 Å². The number of benzene rings is 1. The van der Waals surface area contributed by atoms with Crippen LogP contribution in [0, 0.1) is 0 Å². The van der Waals surface area contributed by atoms with Crippen molar-refractivity contribution in [3.8, 4) is 5.75 Å². The lowest BCUT2D eigenvalue weighted by Crippen LogP contribution is -2.29. The van der Waals surface area contributed by atoms with Crippen LogP contribution in [0.15, 0.2) is 12.1 Å². The van der Waals surface area contributed by atoms with Gasteiger partial charge in [0.2, 0.25) is 0 Å². The smallest absolute Gasteiger partial charge is 0.410 e. The van der Waals surface area contributed by atoms with Crippen LogP contribution in [0.25, 0.3) is 0 Å². The van der Waals surface area contributed by atoms with Gasteiger partial charge < -0.3 is 10.5 Å². The van der Waals surface area contributed by atoms with E-state index in [0.717, 1.165) is 6.07 Å². The quantitative estimate of drug-likeness (QED) is 0.841. The van der Waals surface area contributed by atoms with E-state index >= 15 is 0 Å². The van der Waals surface area contributed by atoms with Crippen LogP contribution >= 0.6 is 11.6 Å². The van der Waals surface area contributed by atoms with Crippen molar-refractivity contribution < 1.29 is 27.5 Å². The van der Waals surface area contributed by atoms with Crippen molar-refractivity contribution in [3.63, 3.8) is 0 Å². The molecule has 116 valence electrons. The van der Waals surface area contributed by atoms with Crippen LogP contribution < -0.4 is 10.5 Å². The molecule has 0 bridgehead atoms. The molecule has 0 heterocycles. The molecule has 8 heteroatoms. The number of ketones is 1. The third-order valence-electron chi connectivity index (χ3n) is 2.56. The molecule has 21 heavy (non-hydrogen) atoms. The van der Waals surface area contributed by atoms with E-state index in [1.807, 2.05) is 0 Å². The maximum absolute atomic E-state index is 12.8. The van der Waals surface area contributed by atoms with E-state index in [2.05, 4.69) is 4.74 Å². The Kier molecular flexibility index (Phi) is 4.57. The van der Waals surface area contributed by atoms with E-state index in [-0.39, 0.29) is 10.6 Å². The van der Waals surface area contributed by atoms with Crippen molar-refractivity contribution in [1.29, 1.82) is 0 Å². The second-order valence-electron chi connectivity index (χ2n) is 5.29. The number of primary amides is 1. The number of nitrogens with two attached hydrogens (primary N) is 1. The highest BCUT2D eigenvalue weighted by Crippen LogP contribution is 2.40. The highest BCUT2D eigenvalue weighted by atomic mass is 35.5. The summed E-state index contributed by atoms with van der Waals surface area (Å²) in [5, 5.41) is -0.0353. The Balaban J connectivity index is 3.71. The maximum atomic E-state index is 12.8. The Morgan fingerprint density at radius 3 is 2.10 bits per heavy atom. The van der Waals surface area contributed by atoms with Gasteiger partial charge in [0.1, 0.15) is 5.75 Å². The number of Topliss-reactive ketones (excluding diaryl/α,β-unsaturated/α-hetero) is 1. The molecule has 0 aromatic heterocycles. The van der Waals surface area contributed by atoms with Gasteiger partial charge in [-0.25, -0.2) is 4.79 Å². The van der Waals surface area contributed by atoms with Gasteiger partial charge in [0.05, 0.1) is 5.56 Å². The molecule has 0 unspecified atom stereocenters. The molecule has 1 aromatic rings. The van der Waals surface area contributed by atoms with Crippen molar-refractivity contribution in [1.82, 2.24) is 0 Å². The van der Waals surface area contributed by atoms with Crippen molar-refractivity contribution >= 4 is 23.5 Å². The molecule has 1 amide bonds. The van der Waals surface area contributed by atoms with Gasteiger partial charge in [0.25, 0.3) is 5.78 Å². The molecule has 0 aliphatic rings. The predicted molar refractivity (Wildman–Crippen MR) is 70.7 cm³/mol. The molecular formula is C13H13ClF3NO3. The average Bonchev–Trinajstić information content (AvgIpc) is 2.26. The summed E-state index contributed by atoms with van der Waals surface area (Å²) in [6.45, 7) is 4.74. The third kappa shape index (κ3) is 3.87. The van der Waals surface area contributed by atoms with Gasteiger partial charge in [-0.2, -0.15) is 13.2 Å². The van der Waals surface area contributed by atoms with E-state index < -0.39 is 34.8 Å². The fourth-order valence-electron chi connectivity index (χ4n) is 1.85. The lowest BCUT2D eigenvalue weighted by molar-refractivity contribution is -0.0887. The number of alkyl halides is 3. The minimum atomic E-state index is -5.14. The molecule has 0 fully saturated rings. The third-order valence-corrected chi connectivity index (χ3v) is 2.88. The molecule has 0 aliphatic carbocycles. The summed E-state index contributed by atoms with van der Waals surface area (Å²) in [4.78, 5) is 22.5. The first-order valence-corrected chi connectivity index (χ1v) is 6.15. The van der Waals surface area contributed by atoms with Crippen LogP contribution in [0.5, 0.6) is 5.75 Å². The molecule has 0 spiro atoms. The van der Waals surface area contributed by atoms with Crippen molar-refractivity contribution in [2.75, 3.05) is 0 Å². The van der Waals surface area contributed by atoms with Crippen molar-refractivity contribution in [2.45, 2.75) is 32.4 Å². The van der Waals surface area contributed by atoms with Gasteiger partial charge in [-0.3, -0.25) is 4.79 Å². The number of carbonyl (C=O) groups excluding carboxylic acids is 2. The Bertz CT molecular complexity index is 592. The van der Waals surface area contributed by atoms with Gasteiger partial charge in [-0.1, -0.05) is 32.4 Å². The fourth-order valence-corrected chi connectivity index (χ4v) is 2.29. The Morgan fingerprint density at radius 2 is 1.71 bits per heavy atom. The number of ether oxygens (including phenoxy) is 1. The van der Waals surface area contributed by atoms with E-state index in [4.69, 9.17) is 17.3 Å². The molecular weight excluding hydrogens is 311 g/mol. The maximum Gasteiger partial charge on any atom is 0.455 e. The van der Waals surface area contributed by atoms with Gasteiger partial charge in [-0.15, -0.1) is 0 Å². The SMILES string of the molecule is CC(C)(C)c1c(Cl)ccc(OC(N)=O)c1C(=O)C(F)(F)F. The average molecular weight is 324 g/mol. The zero-order chi connectivity index (χ0) is 16.6. The second-order valence-corrected chi connectivity index (χ2v) is 5.70. The zero-order valence-corrected chi connectivity index (χ0v) is 12.2. The first-order valence-electron chi connectivity index (χ1n) is 5.77. The fraction of sp³-hybridized carbons (Fsp3) is 0.385. The first-order chi connectivity index (χ1) is 9.35. The topological polar surface area (TPSA) is 69.4 Å². The van der Waals surface area contributed by atoms with Gasteiger partial charge >= 0.3 is 12.3 Å². The Labute approximate surface area is 124 Å². The first kappa shape index (κ1) is 17.3. The van der Waals surface area contributed by atoms with Gasteiger partial charge in [0, 0.05) is 5.02 Å². The number of halogens is 4. The summed E-state index contributed by atoms with van der Waals surface area (Å²) in [6.07, 6.45) is -6.46. The minimum Gasteiger partial charge on any atom is -0.410 e. The van der Waals surface area contributed by atoms with Crippen LogP contribution in [-0.2, 0) is 5.41 Å². The number of rotatable bonds is 2. The van der Waals surface area contributed by atoms with E-state index in [1.54, 1.807) is 20.8 Å². The summed E-state index contributed by atoms with van der Waals surface area (Å²) < 4.78 is 42.9. The summed E-state index contributed by atoms with van der Waals surface area (Å²) in [5.74, 6) is -2.72. The molecule has 0 radical (unpaired) electrons. The summed E-state index contributed by atoms with van der Waals surface area (Å²) >= 11 is 5.93. The molecule has 2 N–H and O–H groups in total. The highest BCUT2D eigenvalue weighted by molar-refractivity contribution is 6.32. The van der Waals surface area contributed by atoms with Crippen LogP contribution in [0.3, 0.4) is 0 Å². The normalized spacial score (nSPS) is 12.1. The van der Waals surface area contributed by atoms with E-state index in [1.165, 1.54) is 6.07 Å². The number of hydrogen-bond acceptors (Lipinski definition) is 3. The molecule has 0 saturated carbocycles. The van der Waals surface area contributed by atoms with Crippen LogP contribution in [0.2, 0.25) is 5.02 Å². The van der Waals surface area contributed by atoms with E-state index in [0.29, 0.717) is 0 Å². The monoisotopic (exact) mass is 323 g/mol. The number of carbonyl (C=O) groups is 2. The van der Waals surface area contributed by atoms with Crippen molar-refractivity contribution in [3.05, 3.63) is 28.3 Å². The minimum absolute atomic E-state index is 0.0353. The van der Waals surface area contributed by atoms with Crippen molar-refractivity contribution in [2.24, 2.45) is 5.73 Å². The largest absolute Gasteiger partial charge is 0.455 e. The Morgan fingerprint density at radius 1 is 1.19 bits per heavy atom. The number of hydrogen-bond donors (Lipinski definition) is 1. The van der Waals surface area contributed by atoms with E-state index in [9.17, 15) is 22.8 Å². The van der Waals surface area contributed by atoms with Crippen LogP contribution in [0.4, 0.5) is 18.0 Å². The molecule has 1 aromatic carbocycles. The van der Waals surface area contributed by atoms with Gasteiger partial charge in [0.15, 0.2) is 0 Å². The number of amides is 1. The molecule has 0 atom stereocenters. The standard InChI is InChI=1S/C13H13ClF3NO3/c1-12(2,3)9-6(14)4-5-7(21-11(18)20)8(9)10(19)13(15,16)17/h4-5H,1-3H3,(H2,18,20). The lowest BCUT2D eigenvalue weighted by Gasteiger charge is -2.25. The summed E-state index contributed by atoms with van der Waals surface area (Å²) in [7, 11) is 0. The molecule has 0 aliphatic heterocycles. The molecule has 1 rings (SSSR count). The molecule has 0 saturated heterocycles. The Hall–Kier alpha value is -1.76. The lowest BCUT2D eigenvalue weighted by atomic mass is 9.82.